The van der Waals surface area contributed by atoms with Gasteiger partial charge in [0, 0.05) is 43.3 Å². The molecule has 1 saturated carbocycles. The number of hydrogen-bond donors (Lipinski definition) is 2. The molecule has 0 bridgehead atoms. The molecule has 0 radical (unpaired) electrons. The second-order valence-corrected chi connectivity index (χ2v) is 8.07. The van der Waals surface area contributed by atoms with Crippen LogP contribution in [0.15, 0.2) is 30.7 Å². The largest absolute Gasteiger partial charge is 0.488 e. The molecule has 1 saturated heterocycles. The smallest absolute Gasteiger partial charge is 0.315 e. The monoisotopic (exact) mass is 440 g/mol. The molecule has 1 aromatic carbocycles. The minimum atomic E-state index is -0.578. The number of nitrogens with zero attached hydrogens (tertiary/aromatic N) is 5. The highest BCUT2D eigenvalue weighted by molar-refractivity contribution is 5.85. The quantitative estimate of drug-likeness (QED) is 0.619. The molecule has 0 unspecified atom stereocenters. The lowest BCUT2D eigenvalue weighted by Gasteiger charge is -2.31. The van der Waals surface area contributed by atoms with E-state index in [9.17, 15) is 9.50 Å². The Balaban J connectivity index is 1.28. The number of aromatic nitrogens is 4. The van der Waals surface area contributed by atoms with E-state index < -0.39 is 11.8 Å². The lowest BCUT2D eigenvalue weighted by Crippen LogP contribution is -2.36. The van der Waals surface area contributed by atoms with Crippen molar-refractivity contribution in [2.75, 3.05) is 36.5 Å². The average Bonchev–Trinajstić information content (AvgIpc) is 2.83. The van der Waals surface area contributed by atoms with Gasteiger partial charge in [-0.1, -0.05) is 0 Å². The molecule has 5 rings (SSSR count). The van der Waals surface area contributed by atoms with Crippen molar-refractivity contribution < 1.29 is 19.0 Å². The number of halogens is 1. The maximum absolute atomic E-state index is 13.9. The van der Waals surface area contributed by atoms with Crippen molar-refractivity contribution in [3.63, 3.8) is 0 Å². The molecule has 1 aliphatic carbocycles. The third-order valence-corrected chi connectivity index (χ3v) is 5.94. The van der Waals surface area contributed by atoms with Gasteiger partial charge in [-0.3, -0.25) is 4.98 Å². The van der Waals surface area contributed by atoms with Gasteiger partial charge >= 0.3 is 6.01 Å². The van der Waals surface area contributed by atoms with Gasteiger partial charge in [-0.25, -0.2) is 14.4 Å². The molecule has 10 heteroatoms. The lowest BCUT2D eigenvalue weighted by molar-refractivity contribution is 0.122. The number of ether oxygens (including phenoxy) is 2. The van der Waals surface area contributed by atoms with E-state index >= 15 is 0 Å². The molecule has 0 atom stereocenters. The Morgan fingerprint density at radius 2 is 1.84 bits per heavy atom. The summed E-state index contributed by atoms with van der Waals surface area (Å²) in [6.45, 7) is 3.07. The molecule has 2 aromatic heterocycles. The van der Waals surface area contributed by atoms with Crippen molar-refractivity contribution >= 4 is 22.5 Å². The van der Waals surface area contributed by atoms with Crippen molar-refractivity contribution in [3.8, 4) is 11.8 Å². The maximum atomic E-state index is 13.9. The first-order valence-corrected chi connectivity index (χ1v) is 10.9. The minimum Gasteiger partial charge on any atom is -0.488 e. The van der Waals surface area contributed by atoms with E-state index in [1.54, 1.807) is 12.4 Å². The Kier molecular flexibility index (Phi) is 5.85. The van der Waals surface area contributed by atoms with E-state index in [4.69, 9.17) is 9.47 Å². The molecule has 1 aliphatic heterocycles. The summed E-state index contributed by atoms with van der Waals surface area (Å²) in [5.74, 6) is 0.188. The molecule has 2 N–H and O–H groups in total. The van der Waals surface area contributed by atoms with Crippen LogP contribution in [-0.4, -0.2) is 63.5 Å². The number of aromatic hydroxyl groups is 1. The lowest BCUT2D eigenvalue weighted by atomic mass is 9.93. The normalized spacial score (nSPS) is 21.5. The summed E-state index contributed by atoms with van der Waals surface area (Å²) in [6, 6.07) is 3.70. The topological polar surface area (TPSA) is 106 Å². The number of fused-ring (bicyclic) bond motifs is 1. The van der Waals surface area contributed by atoms with Gasteiger partial charge in [-0.2, -0.15) is 4.98 Å². The first-order valence-electron chi connectivity index (χ1n) is 10.9. The van der Waals surface area contributed by atoms with Crippen molar-refractivity contribution in [2.24, 2.45) is 0 Å². The molecule has 9 nitrogen and oxygen atoms in total. The highest BCUT2D eigenvalue weighted by atomic mass is 19.1. The van der Waals surface area contributed by atoms with Crippen LogP contribution < -0.4 is 15.0 Å². The van der Waals surface area contributed by atoms with Crippen LogP contribution in [0.3, 0.4) is 0 Å². The predicted octanol–water partition coefficient (Wildman–Crippen LogP) is 2.90. The fraction of sp³-hybridized carbons (Fsp3) is 0.455. The van der Waals surface area contributed by atoms with Gasteiger partial charge in [0.15, 0.2) is 11.6 Å². The summed E-state index contributed by atoms with van der Waals surface area (Å²) in [7, 11) is 0. The van der Waals surface area contributed by atoms with Crippen molar-refractivity contribution in [2.45, 2.75) is 37.8 Å². The minimum absolute atomic E-state index is 0.0290. The van der Waals surface area contributed by atoms with Crippen LogP contribution in [0.4, 0.5) is 15.9 Å². The molecule has 3 aromatic rings. The second-order valence-electron chi connectivity index (χ2n) is 8.07. The van der Waals surface area contributed by atoms with Crippen LogP contribution in [0, 0.1) is 5.82 Å². The molecular weight excluding hydrogens is 415 g/mol. The van der Waals surface area contributed by atoms with Gasteiger partial charge in [-0.05, 0) is 31.7 Å². The van der Waals surface area contributed by atoms with E-state index in [0.29, 0.717) is 13.2 Å². The SMILES string of the molecule is Oc1ncc(F)c(N[C@H]2CC[C@@H](Oc3cc(N4CCOCC4)cc4nccnc34)CC2)n1. The number of morpholine rings is 1. The van der Waals surface area contributed by atoms with E-state index in [-0.39, 0.29) is 18.0 Å². The molecular formula is C22H25FN6O3. The van der Waals surface area contributed by atoms with Crippen molar-refractivity contribution in [3.05, 3.63) is 36.5 Å². The number of benzene rings is 1. The maximum Gasteiger partial charge on any atom is 0.315 e. The summed E-state index contributed by atoms with van der Waals surface area (Å²) in [4.78, 5) is 18.4. The summed E-state index contributed by atoms with van der Waals surface area (Å²) in [5, 5.41) is 12.5. The Bertz CT molecular complexity index is 1090. The Morgan fingerprint density at radius 1 is 1.06 bits per heavy atom. The first kappa shape index (κ1) is 20.6. The molecule has 2 fully saturated rings. The summed E-state index contributed by atoms with van der Waals surface area (Å²) < 4.78 is 25.8. The van der Waals surface area contributed by atoms with Gasteiger partial charge in [-0.15, -0.1) is 0 Å². The van der Waals surface area contributed by atoms with Crippen LogP contribution in [0.1, 0.15) is 25.7 Å². The highest BCUT2D eigenvalue weighted by Crippen LogP contribution is 2.33. The number of anilines is 2. The zero-order valence-electron chi connectivity index (χ0n) is 17.6. The third-order valence-electron chi connectivity index (χ3n) is 5.94. The molecule has 168 valence electrons. The van der Waals surface area contributed by atoms with Gasteiger partial charge < -0.3 is 24.8 Å². The number of rotatable bonds is 5. The van der Waals surface area contributed by atoms with Gasteiger partial charge in [0.05, 0.1) is 31.0 Å². The first-order chi connectivity index (χ1) is 15.7. The van der Waals surface area contributed by atoms with Crippen LogP contribution in [0.2, 0.25) is 0 Å². The van der Waals surface area contributed by atoms with Crippen molar-refractivity contribution in [1.82, 2.24) is 19.9 Å². The van der Waals surface area contributed by atoms with Gasteiger partial charge in [0.2, 0.25) is 0 Å². The van der Waals surface area contributed by atoms with Gasteiger partial charge in [0.25, 0.3) is 0 Å². The third kappa shape index (κ3) is 4.50. The van der Waals surface area contributed by atoms with Crippen LogP contribution in [-0.2, 0) is 4.74 Å². The zero-order chi connectivity index (χ0) is 21.9. The van der Waals surface area contributed by atoms with E-state index in [2.05, 4.69) is 30.2 Å². The molecule has 32 heavy (non-hydrogen) atoms. The Hall–Kier alpha value is -3.27. The average molecular weight is 440 g/mol. The molecule has 2 aliphatic rings. The van der Waals surface area contributed by atoms with Crippen LogP contribution >= 0.6 is 0 Å². The fourth-order valence-corrected chi connectivity index (χ4v) is 4.28. The van der Waals surface area contributed by atoms with E-state index in [0.717, 1.165) is 67.4 Å². The van der Waals surface area contributed by atoms with Gasteiger partial charge in [0.1, 0.15) is 11.3 Å². The molecule has 0 spiro atoms. The van der Waals surface area contributed by atoms with Crippen molar-refractivity contribution in [1.29, 1.82) is 0 Å². The second kappa shape index (κ2) is 9.07. The van der Waals surface area contributed by atoms with Crippen LogP contribution in [0.5, 0.6) is 11.8 Å². The highest BCUT2D eigenvalue weighted by Gasteiger charge is 2.25. The Morgan fingerprint density at radius 3 is 2.66 bits per heavy atom. The molecule has 3 heterocycles. The molecule has 0 amide bonds. The predicted molar refractivity (Wildman–Crippen MR) is 117 cm³/mol. The fourth-order valence-electron chi connectivity index (χ4n) is 4.28. The summed E-state index contributed by atoms with van der Waals surface area (Å²) in [5.41, 5.74) is 2.62. The standard InChI is InChI=1S/C22H25FN6O3/c23-17-13-26-22(30)28-21(17)27-14-1-3-16(4-2-14)32-19-12-15(29-7-9-31-10-8-29)11-18-20(19)25-6-5-24-18/h5-6,11-14,16H,1-4,7-10H2,(H2,26,27,28,30)/t14-,16+. The van der Waals surface area contributed by atoms with E-state index in [1.165, 1.54) is 0 Å². The summed E-state index contributed by atoms with van der Waals surface area (Å²) >= 11 is 0. The van der Waals surface area contributed by atoms with Crippen LogP contribution in [0.25, 0.3) is 11.0 Å². The Labute approximate surface area is 184 Å². The van der Waals surface area contributed by atoms with E-state index in [1.807, 2.05) is 12.1 Å². The summed E-state index contributed by atoms with van der Waals surface area (Å²) in [6.07, 6.45) is 7.56. The number of hydrogen-bond acceptors (Lipinski definition) is 9. The number of nitrogens with one attached hydrogen (secondary N) is 1. The zero-order valence-corrected chi connectivity index (χ0v) is 17.6.